The Balaban J connectivity index is 1.75. The zero-order chi connectivity index (χ0) is 23.9. The Hall–Kier alpha value is -3.33. The van der Waals surface area contributed by atoms with Crippen LogP contribution < -0.4 is 5.43 Å². The highest BCUT2D eigenvalue weighted by atomic mass is 32.1. The minimum atomic E-state index is -1.08. The molecule has 1 aliphatic rings. The Morgan fingerprint density at radius 1 is 1.24 bits per heavy atom. The lowest BCUT2D eigenvalue weighted by Gasteiger charge is -2.44. The molecule has 0 spiro atoms. The van der Waals surface area contributed by atoms with E-state index in [4.69, 9.17) is 0 Å². The second-order valence-electron chi connectivity index (χ2n) is 8.23. The van der Waals surface area contributed by atoms with Crippen molar-refractivity contribution >= 4 is 23.0 Å². The number of carbonyl (C=O) groups excluding carboxylic acids is 2. The number of fused-ring (bicyclic) bond motifs is 1. The van der Waals surface area contributed by atoms with Crippen LogP contribution in [0, 0.1) is 5.82 Å². The van der Waals surface area contributed by atoms with Crippen molar-refractivity contribution in [3.05, 3.63) is 68.8 Å². The predicted molar refractivity (Wildman–Crippen MR) is 123 cm³/mol. The topological polar surface area (TPSA) is 92.5 Å². The van der Waals surface area contributed by atoms with Gasteiger partial charge in [0.2, 0.25) is 5.43 Å². The Kier molecular flexibility index (Phi) is 5.92. The summed E-state index contributed by atoms with van der Waals surface area (Å²) >= 11 is 1.28. The van der Waals surface area contributed by atoms with E-state index in [2.05, 4.69) is 4.98 Å². The van der Waals surface area contributed by atoms with Crippen LogP contribution in [0.1, 0.15) is 48.1 Å². The summed E-state index contributed by atoms with van der Waals surface area (Å²) < 4.78 is 14.6. The molecular weight excluding hydrogens is 445 g/mol. The number of likely N-dealkylation sites (N-methyl/N-ethyl adjacent to an activating group) is 1. The summed E-state index contributed by atoms with van der Waals surface area (Å²) in [5.74, 6) is -1.60. The van der Waals surface area contributed by atoms with Gasteiger partial charge in [0.15, 0.2) is 17.2 Å². The Morgan fingerprint density at radius 3 is 2.58 bits per heavy atom. The third-order valence-electron chi connectivity index (χ3n) is 6.09. The van der Waals surface area contributed by atoms with Gasteiger partial charge in [0.25, 0.3) is 5.91 Å². The van der Waals surface area contributed by atoms with E-state index in [1.807, 2.05) is 0 Å². The van der Waals surface area contributed by atoms with Gasteiger partial charge in [-0.2, -0.15) is 0 Å². The van der Waals surface area contributed by atoms with E-state index in [1.54, 1.807) is 39.1 Å². The van der Waals surface area contributed by atoms with E-state index in [0.29, 0.717) is 11.4 Å². The number of nitrogens with zero attached hydrogens (tertiary/aromatic N) is 3. The molecule has 1 amide bonds. The number of thiazole rings is 1. The van der Waals surface area contributed by atoms with Gasteiger partial charge >= 0.3 is 0 Å². The van der Waals surface area contributed by atoms with Crippen molar-refractivity contribution in [2.24, 2.45) is 0 Å². The molecule has 172 valence electrons. The van der Waals surface area contributed by atoms with Crippen molar-refractivity contribution in [2.75, 3.05) is 6.54 Å². The number of carbonyl (C=O) groups is 2. The van der Waals surface area contributed by atoms with Crippen LogP contribution in [0.2, 0.25) is 0 Å². The van der Waals surface area contributed by atoms with Gasteiger partial charge < -0.3 is 14.6 Å². The smallest absolute Gasteiger partial charge is 0.275 e. The highest BCUT2D eigenvalue weighted by Gasteiger charge is 2.46. The number of aromatic hydroxyl groups is 1. The van der Waals surface area contributed by atoms with Gasteiger partial charge in [0.1, 0.15) is 16.4 Å². The maximum Gasteiger partial charge on any atom is 0.275 e. The molecule has 0 saturated heterocycles. The van der Waals surface area contributed by atoms with E-state index >= 15 is 0 Å². The molecule has 0 unspecified atom stereocenters. The van der Waals surface area contributed by atoms with Crippen LogP contribution in [0.4, 0.5) is 4.39 Å². The molecule has 3 aromatic rings. The van der Waals surface area contributed by atoms with E-state index in [9.17, 15) is 23.9 Å². The molecule has 1 atom stereocenters. The van der Waals surface area contributed by atoms with Crippen LogP contribution in [-0.2, 0) is 17.8 Å². The highest BCUT2D eigenvalue weighted by Crippen LogP contribution is 2.34. The number of benzene rings is 1. The molecule has 1 aliphatic heterocycles. The fourth-order valence-electron chi connectivity index (χ4n) is 4.35. The Morgan fingerprint density at radius 2 is 1.94 bits per heavy atom. The molecule has 3 heterocycles. The van der Waals surface area contributed by atoms with Crippen molar-refractivity contribution in [3.63, 3.8) is 0 Å². The predicted octanol–water partition coefficient (Wildman–Crippen LogP) is 3.62. The molecule has 1 aromatic carbocycles. The lowest BCUT2D eigenvalue weighted by atomic mass is 9.89. The second-order valence-corrected chi connectivity index (χ2v) is 9.35. The first-order valence-electron chi connectivity index (χ1n) is 10.7. The molecule has 0 saturated carbocycles. The fraction of sp³-hybridized carbons (Fsp3) is 0.333. The van der Waals surface area contributed by atoms with Gasteiger partial charge in [0, 0.05) is 36.7 Å². The quantitative estimate of drug-likeness (QED) is 0.595. The number of rotatable bonds is 6. The van der Waals surface area contributed by atoms with Crippen LogP contribution in [0.25, 0.3) is 10.6 Å². The van der Waals surface area contributed by atoms with Crippen molar-refractivity contribution < 1.29 is 19.1 Å². The summed E-state index contributed by atoms with van der Waals surface area (Å²) in [7, 11) is 0. The standard InChI is InChI=1S/C24H24FN3O4S/c1-4-18(29)24(3)13-27-12-17(20(30)21(31)19(27)23(32)28(24)5-2)22-26-11-16(33-22)10-14-6-8-15(25)9-7-14/h6-9,11-12,31H,4-5,10,13H2,1-3H3/t24-/m0/s1. The van der Waals surface area contributed by atoms with Crippen LogP contribution in [0.3, 0.4) is 0 Å². The molecule has 1 N–H and O–H groups in total. The van der Waals surface area contributed by atoms with Gasteiger partial charge in [-0.1, -0.05) is 19.1 Å². The van der Waals surface area contributed by atoms with E-state index in [0.717, 1.165) is 10.4 Å². The maximum absolute atomic E-state index is 13.2. The maximum atomic E-state index is 13.2. The molecule has 0 bridgehead atoms. The fourth-order valence-corrected chi connectivity index (χ4v) is 5.30. The van der Waals surface area contributed by atoms with Crippen molar-refractivity contribution in [2.45, 2.75) is 45.7 Å². The van der Waals surface area contributed by atoms with Gasteiger partial charge in [-0.15, -0.1) is 11.3 Å². The van der Waals surface area contributed by atoms with Gasteiger partial charge in [0.05, 0.1) is 12.1 Å². The largest absolute Gasteiger partial charge is 0.503 e. The molecule has 0 fully saturated rings. The first-order valence-corrected chi connectivity index (χ1v) is 11.5. The van der Waals surface area contributed by atoms with Crippen molar-refractivity contribution in [3.8, 4) is 16.3 Å². The monoisotopic (exact) mass is 469 g/mol. The number of pyridine rings is 1. The average Bonchev–Trinajstić information content (AvgIpc) is 3.25. The molecule has 7 nitrogen and oxygen atoms in total. The first kappa shape index (κ1) is 22.8. The van der Waals surface area contributed by atoms with E-state index in [1.165, 1.54) is 39.1 Å². The zero-order valence-corrected chi connectivity index (χ0v) is 19.4. The lowest BCUT2D eigenvalue weighted by molar-refractivity contribution is -0.130. The number of hydrogen-bond acceptors (Lipinski definition) is 6. The minimum absolute atomic E-state index is 0.0982. The van der Waals surface area contributed by atoms with Crippen LogP contribution in [0.15, 0.2) is 41.5 Å². The summed E-state index contributed by atoms with van der Waals surface area (Å²) in [4.78, 5) is 45.5. The number of Topliss-reactive ketones (excluding diaryl/α,β-unsaturated/α-hetero) is 1. The number of aromatic nitrogens is 2. The zero-order valence-electron chi connectivity index (χ0n) is 18.6. The lowest BCUT2D eigenvalue weighted by Crippen LogP contribution is -2.61. The third kappa shape index (κ3) is 3.86. The average molecular weight is 470 g/mol. The Labute approximate surface area is 194 Å². The number of hydrogen-bond donors (Lipinski definition) is 1. The molecular formula is C24H24FN3O4S. The highest BCUT2D eigenvalue weighted by molar-refractivity contribution is 7.15. The van der Waals surface area contributed by atoms with Crippen LogP contribution in [0.5, 0.6) is 5.75 Å². The molecule has 4 rings (SSSR count). The van der Waals surface area contributed by atoms with Crippen molar-refractivity contribution in [1.29, 1.82) is 0 Å². The first-order chi connectivity index (χ1) is 15.7. The molecule has 2 aromatic heterocycles. The molecule has 9 heteroatoms. The van der Waals surface area contributed by atoms with Gasteiger partial charge in [-0.3, -0.25) is 14.4 Å². The number of amides is 1. The minimum Gasteiger partial charge on any atom is -0.503 e. The Bertz CT molecular complexity index is 1300. The SMILES string of the molecule is CCC(=O)[C@]1(C)Cn2cc(-c3ncc(Cc4ccc(F)cc4)s3)c(=O)c(O)c2C(=O)N1CC. The molecule has 33 heavy (non-hydrogen) atoms. The normalized spacial score (nSPS) is 17.8. The second kappa shape index (κ2) is 8.55. The molecule has 0 aliphatic carbocycles. The third-order valence-corrected chi connectivity index (χ3v) is 7.12. The van der Waals surface area contributed by atoms with E-state index < -0.39 is 22.6 Å². The molecule has 0 radical (unpaired) electrons. The summed E-state index contributed by atoms with van der Waals surface area (Å²) in [5, 5.41) is 11.1. The van der Waals surface area contributed by atoms with Gasteiger partial charge in [-0.05, 0) is 31.5 Å². The van der Waals surface area contributed by atoms with E-state index in [-0.39, 0.29) is 42.4 Å². The van der Waals surface area contributed by atoms with Crippen LogP contribution in [-0.4, -0.2) is 43.3 Å². The summed E-state index contributed by atoms with van der Waals surface area (Å²) in [6.07, 6.45) is 3.92. The van der Waals surface area contributed by atoms with Crippen LogP contribution >= 0.6 is 11.3 Å². The summed E-state index contributed by atoms with van der Waals surface area (Å²) in [5.41, 5.74) is -0.816. The van der Waals surface area contributed by atoms with Crippen molar-refractivity contribution in [1.82, 2.24) is 14.5 Å². The van der Waals surface area contributed by atoms with Gasteiger partial charge in [-0.25, -0.2) is 9.37 Å². The number of halogens is 1. The number of ketones is 1. The summed E-state index contributed by atoms with van der Waals surface area (Å²) in [6.45, 7) is 5.62. The summed E-state index contributed by atoms with van der Waals surface area (Å²) in [6, 6.07) is 6.14.